The van der Waals surface area contributed by atoms with Gasteiger partial charge in [-0.3, -0.25) is 4.79 Å². The second-order valence-electron chi connectivity index (χ2n) is 3.75. The molecule has 4 nitrogen and oxygen atoms in total. The van der Waals surface area contributed by atoms with Crippen LogP contribution in [0.1, 0.15) is 23.2 Å². The quantitative estimate of drug-likeness (QED) is 0.661. The third-order valence-electron chi connectivity index (χ3n) is 2.42. The number of carbonyl (C=O) groups excluding carboxylic acids is 1. The Kier molecular flexibility index (Phi) is 3.86. The molecule has 1 aromatic carbocycles. The summed E-state index contributed by atoms with van der Waals surface area (Å²) in [5.74, 6) is 1.40. The highest BCUT2D eigenvalue weighted by Gasteiger charge is 2.24. The molecule has 0 aliphatic carbocycles. The standard InChI is InChI=1S/C12H13ClO4/c13-4-1-5-16-8-2-3-9-10(14)7-12(15)17-11(9)6-8/h2-3,6,12,15H,1,4-5,7H2. The molecule has 1 aliphatic rings. The third kappa shape index (κ3) is 2.90. The second-order valence-corrected chi connectivity index (χ2v) is 4.13. The van der Waals surface area contributed by atoms with E-state index in [2.05, 4.69) is 0 Å². The van der Waals surface area contributed by atoms with Crippen LogP contribution in [0.5, 0.6) is 11.5 Å². The van der Waals surface area contributed by atoms with Crippen LogP contribution in [0.15, 0.2) is 18.2 Å². The van der Waals surface area contributed by atoms with Gasteiger partial charge in [0.1, 0.15) is 11.5 Å². The maximum absolute atomic E-state index is 11.6. The first-order chi connectivity index (χ1) is 8.20. The van der Waals surface area contributed by atoms with Gasteiger partial charge in [-0.2, -0.15) is 0 Å². The fourth-order valence-electron chi connectivity index (χ4n) is 1.62. The number of rotatable bonds is 4. The smallest absolute Gasteiger partial charge is 0.204 e. The number of aliphatic hydroxyl groups excluding tert-OH is 1. The highest BCUT2D eigenvalue weighted by atomic mass is 35.5. The average Bonchev–Trinajstić information content (AvgIpc) is 2.28. The number of hydrogen-bond donors (Lipinski definition) is 1. The monoisotopic (exact) mass is 256 g/mol. The van der Waals surface area contributed by atoms with Gasteiger partial charge in [-0.15, -0.1) is 11.6 Å². The van der Waals surface area contributed by atoms with Gasteiger partial charge in [-0.25, -0.2) is 0 Å². The first-order valence-corrected chi connectivity index (χ1v) is 5.95. The van der Waals surface area contributed by atoms with Crippen LogP contribution in [0.4, 0.5) is 0 Å². The van der Waals surface area contributed by atoms with Crippen LogP contribution < -0.4 is 9.47 Å². The van der Waals surface area contributed by atoms with Gasteiger partial charge >= 0.3 is 0 Å². The molecule has 0 radical (unpaired) electrons. The SMILES string of the molecule is O=C1CC(O)Oc2cc(OCCCCl)ccc21. The van der Waals surface area contributed by atoms with Crippen LogP contribution in [0.25, 0.3) is 0 Å². The maximum atomic E-state index is 11.6. The summed E-state index contributed by atoms with van der Waals surface area (Å²) in [6, 6.07) is 4.98. The number of benzene rings is 1. The molecule has 1 N–H and O–H groups in total. The van der Waals surface area contributed by atoms with Crippen molar-refractivity contribution in [2.45, 2.75) is 19.1 Å². The molecule has 5 heteroatoms. The number of Topliss-reactive ketones (excluding diaryl/α,β-unsaturated/α-hetero) is 1. The number of ketones is 1. The Labute approximate surface area is 104 Å². The number of halogens is 1. The first kappa shape index (κ1) is 12.2. The van der Waals surface area contributed by atoms with Crippen LogP contribution in [0.2, 0.25) is 0 Å². The van der Waals surface area contributed by atoms with Gasteiger partial charge in [0.15, 0.2) is 5.78 Å². The normalized spacial score (nSPS) is 18.5. The highest BCUT2D eigenvalue weighted by Crippen LogP contribution is 2.30. The number of aliphatic hydroxyl groups is 1. The zero-order valence-electron chi connectivity index (χ0n) is 9.19. The summed E-state index contributed by atoms with van der Waals surface area (Å²) >= 11 is 5.54. The van der Waals surface area contributed by atoms with Gasteiger partial charge in [0.05, 0.1) is 18.6 Å². The van der Waals surface area contributed by atoms with Gasteiger partial charge in [0.2, 0.25) is 6.29 Å². The van der Waals surface area contributed by atoms with Gasteiger partial charge in [0, 0.05) is 11.9 Å². The lowest BCUT2D eigenvalue weighted by Crippen LogP contribution is -2.26. The van der Waals surface area contributed by atoms with Crippen LogP contribution in [-0.2, 0) is 0 Å². The molecule has 0 amide bonds. The number of hydrogen-bond acceptors (Lipinski definition) is 4. The molecule has 0 saturated carbocycles. The van der Waals surface area contributed by atoms with Crippen LogP contribution >= 0.6 is 11.6 Å². The number of alkyl halides is 1. The lowest BCUT2D eigenvalue weighted by Gasteiger charge is -2.21. The average molecular weight is 257 g/mol. The molecule has 2 rings (SSSR count). The molecule has 1 heterocycles. The van der Waals surface area contributed by atoms with Crippen LogP contribution in [0, 0.1) is 0 Å². The molecule has 0 fully saturated rings. The molecule has 1 aromatic rings. The Hall–Kier alpha value is -1.26. The van der Waals surface area contributed by atoms with E-state index in [-0.39, 0.29) is 12.2 Å². The van der Waals surface area contributed by atoms with Crippen LogP contribution in [0.3, 0.4) is 0 Å². The summed E-state index contributed by atoms with van der Waals surface area (Å²) in [6.45, 7) is 0.513. The predicted octanol–water partition coefficient (Wildman–Crippen LogP) is 1.98. The number of fused-ring (bicyclic) bond motifs is 1. The van der Waals surface area contributed by atoms with E-state index in [1.807, 2.05) is 0 Å². The summed E-state index contributed by atoms with van der Waals surface area (Å²) in [4.78, 5) is 11.6. The molecule has 17 heavy (non-hydrogen) atoms. The summed E-state index contributed by atoms with van der Waals surface area (Å²) < 4.78 is 10.6. The first-order valence-electron chi connectivity index (χ1n) is 5.41. The van der Waals surface area contributed by atoms with Crippen molar-refractivity contribution in [1.29, 1.82) is 0 Å². The van der Waals surface area contributed by atoms with Crippen LogP contribution in [-0.4, -0.2) is 29.7 Å². The van der Waals surface area contributed by atoms with Gasteiger partial charge < -0.3 is 14.6 Å². The minimum atomic E-state index is -1.06. The van der Waals surface area contributed by atoms with E-state index in [0.29, 0.717) is 29.5 Å². The van der Waals surface area contributed by atoms with E-state index in [9.17, 15) is 9.90 Å². The molecule has 92 valence electrons. The zero-order valence-corrected chi connectivity index (χ0v) is 9.94. The Bertz CT molecular complexity index is 419. The summed E-state index contributed by atoms with van der Waals surface area (Å²) in [7, 11) is 0. The highest BCUT2D eigenvalue weighted by molar-refractivity contribution is 6.17. The number of carbonyl (C=O) groups is 1. The molecular weight excluding hydrogens is 244 g/mol. The van der Waals surface area contributed by atoms with E-state index in [1.54, 1.807) is 18.2 Å². The molecule has 0 spiro atoms. The fraction of sp³-hybridized carbons (Fsp3) is 0.417. The van der Waals surface area contributed by atoms with E-state index < -0.39 is 6.29 Å². The Morgan fingerprint density at radius 3 is 3.12 bits per heavy atom. The maximum Gasteiger partial charge on any atom is 0.204 e. The van der Waals surface area contributed by atoms with E-state index in [4.69, 9.17) is 21.1 Å². The van der Waals surface area contributed by atoms with Crippen molar-refractivity contribution >= 4 is 17.4 Å². The van der Waals surface area contributed by atoms with Crippen molar-refractivity contribution in [3.8, 4) is 11.5 Å². The molecule has 0 aromatic heterocycles. The summed E-state index contributed by atoms with van der Waals surface area (Å²) in [5, 5.41) is 9.33. The molecule has 1 aliphatic heterocycles. The molecule has 0 saturated heterocycles. The number of ether oxygens (including phenoxy) is 2. The summed E-state index contributed by atoms with van der Waals surface area (Å²) in [6.07, 6.45) is -0.311. The van der Waals surface area contributed by atoms with Crippen molar-refractivity contribution in [2.24, 2.45) is 0 Å². The van der Waals surface area contributed by atoms with E-state index in [1.165, 1.54) is 0 Å². The van der Waals surface area contributed by atoms with Crippen molar-refractivity contribution < 1.29 is 19.4 Å². The fourth-order valence-corrected chi connectivity index (χ4v) is 1.73. The minimum Gasteiger partial charge on any atom is -0.493 e. The van der Waals surface area contributed by atoms with Crippen molar-refractivity contribution in [3.63, 3.8) is 0 Å². The Balaban J connectivity index is 2.13. The second kappa shape index (κ2) is 5.38. The lowest BCUT2D eigenvalue weighted by molar-refractivity contribution is -0.0247. The summed E-state index contributed by atoms with van der Waals surface area (Å²) in [5.41, 5.74) is 0.486. The van der Waals surface area contributed by atoms with Crippen molar-refractivity contribution in [3.05, 3.63) is 23.8 Å². The van der Waals surface area contributed by atoms with Gasteiger partial charge in [0.25, 0.3) is 0 Å². The minimum absolute atomic E-state index is 0.000544. The van der Waals surface area contributed by atoms with E-state index >= 15 is 0 Å². The molecule has 1 atom stereocenters. The Morgan fingerprint density at radius 1 is 1.53 bits per heavy atom. The zero-order chi connectivity index (χ0) is 12.3. The molecule has 0 bridgehead atoms. The van der Waals surface area contributed by atoms with Crippen molar-refractivity contribution in [1.82, 2.24) is 0 Å². The molecule has 1 unspecified atom stereocenters. The Morgan fingerprint density at radius 2 is 2.35 bits per heavy atom. The third-order valence-corrected chi connectivity index (χ3v) is 2.69. The van der Waals surface area contributed by atoms with Gasteiger partial charge in [-0.05, 0) is 18.6 Å². The largest absolute Gasteiger partial charge is 0.493 e. The van der Waals surface area contributed by atoms with Gasteiger partial charge in [-0.1, -0.05) is 0 Å². The van der Waals surface area contributed by atoms with Crippen molar-refractivity contribution in [2.75, 3.05) is 12.5 Å². The lowest BCUT2D eigenvalue weighted by atomic mass is 10.0. The predicted molar refractivity (Wildman–Crippen MR) is 62.9 cm³/mol. The van der Waals surface area contributed by atoms with E-state index in [0.717, 1.165) is 6.42 Å². The topological polar surface area (TPSA) is 55.8 Å². The molecular formula is C12H13ClO4.